The van der Waals surface area contributed by atoms with E-state index in [4.69, 9.17) is 10.5 Å². The van der Waals surface area contributed by atoms with E-state index in [0.717, 1.165) is 31.6 Å². The molecule has 0 aliphatic carbocycles. The molecule has 0 spiro atoms. The average molecular weight is 290 g/mol. The van der Waals surface area contributed by atoms with Crippen LogP contribution in [0.5, 0.6) is 0 Å². The second-order valence-corrected chi connectivity index (χ2v) is 6.19. The summed E-state index contributed by atoms with van der Waals surface area (Å²) in [6.45, 7) is 9.72. The van der Waals surface area contributed by atoms with Crippen LogP contribution >= 0.6 is 0 Å². The van der Waals surface area contributed by atoms with Crippen molar-refractivity contribution >= 4 is 11.7 Å². The lowest BCUT2D eigenvalue weighted by molar-refractivity contribution is 0.0506. The van der Waals surface area contributed by atoms with Crippen molar-refractivity contribution in [1.29, 1.82) is 0 Å². The molecule has 0 radical (unpaired) electrons. The summed E-state index contributed by atoms with van der Waals surface area (Å²) in [6, 6.07) is 3.82. The zero-order valence-corrected chi connectivity index (χ0v) is 13.3. The molecule has 0 atom stereocenters. The predicted octanol–water partition coefficient (Wildman–Crippen LogP) is 3.20. The van der Waals surface area contributed by atoms with Gasteiger partial charge in [-0.15, -0.1) is 0 Å². The molecule has 2 rings (SSSR count). The first-order valence-corrected chi connectivity index (χ1v) is 7.82. The van der Waals surface area contributed by atoms with Crippen LogP contribution in [0.1, 0.15) is 55.1 Å². The summed E-state index contributed by atoms with van der Waals surface area (Å²) in [7, 11) is 0. The molecular formula is C17H26N2O2. The van der Waals surface area contributed by atoms with Crippen molar-refractivity contribution < 1.29 is 9.53 Å². The normalized spacial score (nSPS) is 14.5. The Labute approximate surface area is 127 Å². The van der Waals surface area contributed by atoms with E-state index in [1.807, 2.05) is 13.0 Å². The SMILES string of the molecule is CCCOC(=O)c1ccc2c(c1N)CN(CCC(C)C)C2. The molecule has 0 fully saturated rings. The Morgan fingerprint density at radius 3 is 2.81 bits per heavy atom. The average Bonchev–Trinajstić information content (AvgIpc) is 2.87. The first-order valence-electron chi connectivity index (χ1n) is 7.82. The van der Waals surface area contributed by atoms with Crippen molar-refractivity contribution in [3.63, 3.8) is 0 Å². The van der Waals surface area contributed by atoms with E-state index in [-0.39, 0.29) is 5.97 Å². The fourth-order valence-corrected chi connectivity index (χ4v) is 2.61. The Balaban J connectivity index is 2.09. The first kappa shape index (κ1) is 15.8. The van der Waals surface area contributed by atoms with E-state index >= 15 is 0 Å². The van der Waals surface area contributed by atoms with E-state index < -0.39 is 0 Å². The summed E-state index contributed by atoms with van der Waals surface area (Å²) in [5.74, 6) is 0.392. The Morgan fingerprint density at radius 1 is 1.38 bits per heavy atom. The first-order chi connectivity index (χ1) is 10.0. The lowest BCUT2D eigenvalue weighted by Gasteiger charge is -2.16. The van der Waals surface area contributed by atoms with Gasteiger partial charge in [-0.25, -0.2) is 4.79 Å². The molecule has 0 saturated heterocycles. The van der Waals surface area contributed by atoms with Gasteiger partial charge < -0.3 is 10.5 Å². The molecule has 0 saturated carbocycles. The number of esters is 1. The Hall–Kier alpha value is -1.55. The van der Waals surface area contributed by atoms with Gasteiger partial charge in [-0.3, -0.25) is 4.90 Å². The fraction of sp³-hybridized carbons (Fsp3) is 0.588. The molecular weight excluding hydrogens is 264 g/mol. The number of fused-ring (bicyclic) bond motifs is 1. The van der Waals surface area contributed by atoms with Gasteiger partial charge in [0.1, 0.15) is 0 Å². The summed E-state index contributed by atoms with van der Waals surface area (Å²) >= 11 is 0. The number of nitrogens with two attached hydrogens (primary N) is 1. The quantitative estimate of drug-likeness (QED) is 0.645. The summed E-state index contributed by atoms with van der Waals surface area (Å²) in [5, 5.41) is 0. The molecule has 0 bridgehead atoms. The number of carbonyl (C=O) groups excluding carboxylic acids is 1. The number of hydrogen-bond acceptors (Lipinski definition) is 4. The van der Waals surface area contributed by atoms with Gasteiger partial charge in [0.25, 0.3) is 0 Å². The van der Waals surface area contributed by atoms with Crippen LogP contribution in [0.4, 0.5) is 5.69 Å². The van der Waals surface area contributed by atoms with Gasteiger partial charge in [0.05, 0.1) is 17.9 Å². The number of ether oxygens (including phenoxy) is 1. The summed E-state index contributed by atoms with van der Waals surface area (Å²) < 4.78 is 5.19. The molecule has 1 aliphatic heterocycles. The van der Waals surface area contributed by atoms with Gasteiger partial charge in [-0.05, 0) is 42.5 Å². The minimum atomic E-state index is -0.308. The topological polar surface area (TPSA) is 55.6 Å². The Morgan fingerprint density at radius 2 is 2.14 bits per heavy atom. The predicted molar refractivity (Wildman–Crippen MR) is 85.0 cm³/mol. The molecule has 0 amide bonds. The summed E-state index contributed by atoms with van der Waals surface area (Å²) in [5.41, 5.74) is 9.64. The van der Waals surface area contributed by atoms with Crippen LogP contribution in [-0.2, 0) is 17.8 Å². The van der Waals surface area contributed by atoms with Crippen molar-refractivity contribution in [2.75, 3.05) is 18.9 Å². The van der Waals surface area contributed by atoms with Crippen LogP contribution in [0.25, 0.3) is 0 Å². The maximum atomic E-state index is 12.0. The van der Waals surface area contributed by atoms with E-state index in [9.17, 15) is 4.79 Å². The zero-order chi connectivity index (χ0) is 15.4. The molecule has 1 aliphatic rings. The van der Waals surface area contributed by atoms with Gasteiger partial charge in [-0.1, -0.05) is 26.8 Å². The Bertz CT molecular complexity index is 512. The minimum absolute atomic E-state index is 0.308. The highest BCUT2D eigenvalue weighted by Crippen LogP contribution is 2.31. The lowest BCUT2D eigenvalue weighted by atomic mass is 10.0. The van der Waals surface area contributed by atoms with Crippen molar-refractivity contribution in [2.45, 2.75) is 46.7 Å². The number of benzene rings is 1. The highest BCUT2D eigenvalue weighted by molar-refractivity contribution is 5.96. The molecule has 1 heterocycles. The maximum Gasteiger partial charge on any atom is 0.340 e. The van der Waals surface area contributed by atoms with Crippen LogP contribution in [0.15, 0.2) is 12.1 Å². The van der Waals surface area contributed by atoms with Gasteiger partial charge in [-0.2, -0.15) is 0 Å². The van der Waals surface area contributed by atoms with Crippen molar-refractivity contribution in [3.8, 4) is 0 Å². The zero-order valence-electron chi connectivity index (χ0n) is 13.3. The van der Waals surface area contributed by atoms with E-state index in [1.165, 1.54) is 12.0 Å². The molecule has 4 nitrogen and oxygen atoms in total. The fourth-order valence-electron chi connectivity index (χ4n) is 2.61. The molecule has 1 aromatic rings. The smallest absolute Gasteiger partial charge is 0.340 e. The minimum Gasteiger partial charge on any atom is -0.462 e. The van der Waals surface area contributed by atoms with Crippen molar-refractivity contribution in [3.05, 3.63) is 28.8 Å². The van der Waals surface area contributed by atoms with Gasteiger partial charge in [0, 0.05) is 13.1 Å². The van der Waals surface area contributed by atoms with Crippen molar-refractivity contribution in [1.82, 2.24) is 4.90 Å². The van der Waals surface area contributed by atoms with Crippen molar-refractivity contribution in [2.24, 2.45) is 5.92 Å². The molecule has 116 valence electrons. The molecule has 4 heteroatoms. The molecule has 21 heavy (non-hydrogen) atoms. The third-order valence-electron chi connectivity index (χ3n) is 3.91. The van der Waals surface area contributed by atoms with Gasteiger partial charge >= 0.3 is 5.97 Å². The van der Waals surface area contributed by atoms with Crippen LogP contribution in [0, 0.1) is 5.92 Å². The number of rotatable bonds is 6. The van der Waals surface area contributed by atoms with E-state index in [1.54, 1.807) is 6.07 Å². The number of nitrogen functional groups attached to an aromatic ring is 1. The second-order valence-electron chi connectivity index (χ2n) is 6.19. The van der Waals surface area contributed by atoms with Crippen LogP contribution in [0.2, 0.25) is 0 Å². The highest BCUT2D eigenvalue weighted by Gasteiger charge is 2.24. The largest absolute Gasteiger partial charge is 0.462 e. The summed E-state index contributed by atoms with van der Waals surface area (Å²) in [4.78, 5) is 14.4. The van der Waals surface area contributed by atoms with Gasteiger partial charge in [0.2, 0.25) is 0 Å². The van der Waals surface area contributed by atoms with Gasteiger partial charge in [0.15, 0.2) is 0 Å². The van der Waals surface area contributed by atoms with Crippen LogP contribution in [-0.4, -0.2) is 24.0 Å². The second kappa shape index (κ2) is 6.94. The Kier molecular flexibility index (Phi) is 5.23. The van der Waals surface area contributed by atoms with Crippen LogP contribution < -0.4 is 5.73 Å². The van der Waals surface area contributed by atoms with Crippen LogP contribution in [0.3, 0.4) is 0 Å². The standard InChI is InChI=1S/C17H26N2O2/c1-4-9-21-17(20)14-6-5-13-10-19(8-7-12(2)3)11-15(13)16(14)18/h5-6,12H,4,7-11,18H2,1-3H3. The highest BCUT2D eigenvalue weighted by atomic mass is 16.5. The third kappa shape index (κ3) is 3.76. The number of carbonyl (C=O) groups is 1. The summed E-state index contributed by atoms with van der Waals surface area (Å²) in [6.07, 6.45) is 2.00. The number of nitrogens with zero attached hydrogens (tertiary/aromatic N) is 1. The lowest BCUT2D eigenvalue weighted by Crippen LogP contribution is -2.19. The molecule has 0 unspecified atom stereocenters. The van der Waals surface area contributed by atoms with E-state index in [2.05, 4.69) is 18.7 Å². The van der Waals surface area contributed by atoms with E-state index in [0.29, 0.717) is 23.8 Å². The number of anilines is 1. The number of hydrogen-bond donors (Lipinski definition) is 1. The monoisotopic (exact) mass is 290 g/mol. The third-order valence-corrected chi connectivity index (χ3v) is 3.91. The molecule has 0 aromatic heterocycles. The maximum absolute atomic E-state index is 12.0. The molecule has 2 N–H and O–H groups in total. The molecule has 1 aromatic carbocycles.